The Kier molecular flexibility index (Phi) is 6.28. The summed E-state index contributed by atoms with van der Waals surface area (Å²) in [7, 11) is 0. The fourth-order valence-electron chi connectivity index (χ4n) is 1.35. The van der Waals surface area contributed by atoms with Gasteiger partial charge in [0.25, 0.3) is 0 Å². The molecule has 0 aromatic rings. The van der Waals surface area contributed by atoms with Gasteiger partial charge in [0.1, 0.15) is 6.61 Å². The number of aliphatic carboxylic acids is 3. The van der Waals surface area contributed by atoms with Crippen LogP contribution in [0.25, 0.3) is 0 Å². The molecule has 0 bridgehead atoms. The van der Waals surface area contributed by atoms with Crippen LogP contribution in [0.15, 0.2) is 22.5 Å². The lowest BCUT2D eigenvalue weighted by atomic mass is 9.98. The number of allylic oxidation sites excluding steroid dienone is 2. The number of nitrogens with one attached hydrogen (secondary N) is 1. The Morgan fingerprint density at radius 3 is 1.53 bits per heavy atom. The molecule has 8 heteroatoms. The average molecular weight is 273 g/mol. The van der Waals surface area contributed by atoms with Gasteiger partial charge >= 0.3 is 17.9 Å². The second-order valence-electron chi connectivity index (χ2n) is 3.67. The molecule has 0 fully saturated rings. The Hall–Kier alpha value is -2.35. The molecule has 5 N–H and O–H groups in total. The van der Waals surface area contributed by atoms with Crippen molar-refractivity contribution in [2.45, 2.75) is 20.3 Å². The van der Waals surface area contributed by atoms with Crippen molar-refractivity contribution in [2.75, 3.05) is 6.61 Å². The highest BCUT2D eigenvalue weighted by Gasteiger charge is 2.24. The van der Waals surface area contributed by atoms with Gasteiger partial charge < -0.3 is 25.7 Å². The Morgan fingerprint density at radius 1 is 1.00 bits per heavy atom. The number of carboxylic acid groups (broad SMARTS) is 3. The van der Waals surface area contributed by atoms with Crippen LogP contribution in [0, 0.1) is 0 Å². The third kappa shape index (κ3) is 5.21. The van der Waals surface area contributed by atoms with Crippen molar-refractivity contribution in [2.24, 2.45) is 0 Å². The first-order valence-electron chi connectivity index (χ1n) is 5.16. The maximum atomic E-state index is 10.7. The van der Waals surface area contributed by atoms with Gasteiger partial charge in [-0.1, -0.05) is 0 Å². The Morgan fingerprint density at radius 2 is 1.32 bits per heavy atom. The molecule has 0 aromatic heterocycles. The van der Waals surface area contributed by atoms with Gasteiger partial charge in [0.2, 0.25) is 0 Å². The van der Waals surface area contributed by atoms with Crippen LogP contribution in [0.1, 0.15) is 20.3 Å². The number of carbonyl (C=O) groups is 3. The summed E-state index contributed by atoms with van der Waals surface area (Å²) in [5, 5.41) is 35.3. The van der Waals surface area contributed by atoms with Crippen LogP contribution >= 0.6 is 0 Å². The van der Waals surface area contributed by atoms with Gasteiger partial charge in [0.05, 0.1) is 11.1 Å². The van der Waals surface area contributed by atoms with E-state index in [1.807, 2.05) is 0 Å². The summed E-state index contributed by atoms with van der Waals surface area (Å²) < 4.78 is 0. The number of dihydropyridines is 1. The van der Waals surface area contributed by atoms with E-state index in [1.54, 1.807) is 13.8 Å². The molecule has 0 spiro atoms. The van der Waals surface area contributed by atoms with Gasteiger partial charge in [0.15, 0.2) is 0 Å². The summed E-state index contributed by atoms with van der Waals surface area (Å²) >= 11 is 0. The predicted molar refractivity (Wildman–Crippen MR) is 63.1 cm³/mol. The maximum Gasteiger partial charge on any atom is 0.333 e. The van der Waals surface area contributed by atoms with Gasteiger partial charge in [-0.15, -0.1) is 0 Å². The van der Waals surface area contributed by atoms with Crippen LogP contribution < -0.4 is 5.32 Å². The molecule has 0 saturated carbocycles. The van der Waals surface area contributed by atoms with E-state index >= 15 is 0 Å². The van der Waals surface area contributed by atoms with Crippen LogP contribution in [-0.2, 0) is 14.4 Å². The van der Waals surface area contributed by atoms with Crippen molar-refractivity contribution >= 4 is 17.9 Å². The summed E-state index contributed by atoms with van der Waals surface area (Å²) in [5.41, 5.74) is 1.21. The Balaban J connectivity index is 0.000000555. The largest absolute Gasteiger partial charge is 0.480 e. The lowest BCUT2D eigenvalue weighted by Crippen LogP contribution is -2.24. The molecule has 1 aliphatic rings. The molecule has 1 rings (SSSR count). The quantitative estimate of drug-likeness (QED) is 0.474. The molecule has 0 unspecified atom stereocenters. The molecule has 0 amide bonds. The van der Waals surface area contributed by atoms with E-state index in [0.717, 1.165) is 0 Å². The van der Waals surface area contributed by atoms with E-state index in [1.165, 1.54) is 0 Å². The molecule has 106 valence electrons. The first kappa shape index (κ1) is 16.6. The van der Waals surface area contributed by atoms with E-state index in [-0.39, 0.29) is 17.6 Å². The highest BCUT2D eigenvalue weighted by atomic mass is 16.4. The van der Waals surface area contributed by atoms with Crippen LogP contribution in [0.3, 0.4) is 0 Å². The van der Waals surface area contributed by atoms with Gasteiger partial charge in [-0.2, -0.15) is 0 Å². The predicted octanol–water partition coefficient (Wildman–Crippen LogP) is -0.240. The molecule has 19 heavy (non-hydrogen) atoms. The minimum absolute atomic E-state index is 0.0324. The molecular formula is C11H15NO7. The number of rotatable bonds is 3. The Labute approximate surface area is 108 Å². The fourth-order valence-corrected chi connectivity index (χ4v) is 1.35. The minimum Gasteiger partial charge on any atom is -0.480 e. The summed E-state index contributed by atoms with van der Waals surface area (Å²) in [6.45, 7) is 2.46. The number of hydrogen-bond acceptors (Lipinski definition) is 5. The highest BCUT2D eigenvalue weighted by molar-refractivity contribution is 5.94. The summed E-state index contributed by atoms with van der Waals surface area (Å²) in [4.78, 5) is 30.6. The van der Waals surface area contributed by atoms with Crippen molar-refractivity contribution in [3.8, 4) is 0 Å². The SMILES string of the molecule is CC1=C(C(=O)O)CC(C(=O)O)=C(C)N1.O=C(O)CO. The van der Waals surface area contributed by atoms with Crippen LogP contribution in [-0.4, -0.2) is 44.9 Å². The number of aliphatic hydroxyl groups excluding tert-OH is 1. The zero-order chi connectivity index (χ0) is 15.2. The summed E-state index contributed by atoms with van der Waals surface area (Å²) in [5.74, 6) is -3.35. The van der Waals surface area contributed by atoms with Crippen LogP contribution in [0.5, 0.6) is 0 Å². The molecule has 1 heterocycles. The van der Waals surface area contributed by atoms with E-state index in [4.69, 9.17) is 25.2 Å². The second-order valence-corrected chi connectivity index (χ2v) is 3.67. The normalized spacial score (nSPS) is 14.3. The molecule has 1 aliphatic heterocycles. The topological polar surface area (TPSA) is 144 Å². The monoisotopic (exact) mass is 273 g/mol. The van der Waals surface area contributed by atoms with Crippen molar-refractivity contribution < 1.29 is 34.8 Å². The third-order valence-corrected chi connectivity index (χ3v) is 2.29. The first-order chi connectivity index (χ1) is 8.70. The smallest absolute Gasteiger partial charge is 0.333 e. The minimum atomic E-state index is -1.19. The van der Waals surface area contributed by atoms with Crippen molar-refractivity contribution in [3.05, 3.63) is 22.5 Å². The van der Waals surface area contributed by atoms with Crippen molar-refractivity contribution in [1.82, 2.24) is 5.32 Å². The molecule has 0 saturated heterocycles. The van der Waals surface area contributed by atoms with E-state index in [9.17, 15) is 9.59 Å². The summed E-state index contributed by atoms with van der Waals surface area (Å²) in [6.07, 6.45) is -0.0324. The first-order valence-corrected chi connectivity index (χ1v) is 5.16. The van der Waals surface area contributed by atoms with Crippen LogP contribution in [0.4, 0.5) is 0 Å². The standard InChI is InChI=1S/C9H11NO4.C2H4O3/c1-4-6(8(11)12)3-7(9(13)14)5(2)10-4;3-1-2(4)5/h10H,3H2,1-2H3,(H,11,12)(H,13,14);3H,1H2,(H,4,5). The zero-order valence-electron chi connectivity index (χ0n) is 10.4. The van der Waals surface area contributed by atoms with Crippen LogP contribution in [0.2, 0.25) is 0 Å². The lowest BCUT2D eigenvalue weighted by Gasteiger charge is -2.19. The molecule has 0 aromatic carbocycles. The second kappa shape index (κ2) is 7.17. The zero-order valence-corrected chi connectivity index (χ0v) is 10.4. The van der Waals surface area contributed by atoms with Gasteiger partial charge in [-0.3, -0.25) is 0 Å². The van der Waals surface area contributed by atoms with Gasteiger partial charge in [-0.25, -0.2) is 14.4 Å². The van der Waals surface area contributed by atoms with E-state index in [0.29, 0.717) is 11.4 Å². The van der Waals surface area contributed by atoms with Gasteiger partial charge in [-0.05, 0) is 13.8 Å². The highest BCUT2D eigenvalue weighted by Crippen LogP contribution is 2.22. The Bertz CT molecular complexity index is 428. The molecule has 0 atom stereocenters. The number of carboxylic acids is 3. The fraction of sp³-hybridized carbons (Fsp3) is 0.364. The number of aliphatic hydroxyl groups is 1. The van der Waals surface area contributed by atoms with Crippen molar-refractivity contribution in [1.29, 1.82) is 0 Å². The third-order valence-electron chi connectivity index (χ3n) is 2.29. The molecule has 0 radical (unpaired) electrons. The molecule has 8 nitrogen and oxygen atoms in total. The van der Waals surface area contributed by atoms with Gasteiger partial charge in [0, 0.05) is 17.8 Å². The number of hydrogen-bond donors (Lipinski definition) is 5. The molecule has 0 aliphatic carbocycles. The maximum absolute atomic E-state index is 10.7. The van der Waals surface area contributed by atoms with E-state index in [2.05, 4.69) is 5.32 Å². The average Bonchev–Trinajstić information content (AvgIpc) is 2.28. The van der Waals surface area contributed by atoms with E-state index < -0.39 is 24.5 Å². The van der Waals surface area contributed by atoms with Crippen molar-refractivity contribution in [3.63, 3.8) is 0 Å². The summed E-state index contributed by atoms with van der Waals surface area (Å²) in [6, 6.07) is 0. The lowest BCUT2D eigenvalue weighted by molar-refractivity contribution is -0.140. The molecular weight excluding hydrogens is 258 g/mol.